The maximum absolute atomic E-state index is 11.8. The van der Waals surface area contributed by atoms with E-state index >= 15 is 0 Å². The van der Waals surface area contributed by atoms with Crippen LogP contribution in [0.3, 0.4) is 0 Å². The largest absolute Gasteiger partial charge is 0.469 e. The highest BCUT2D eigenvalue weighted by Crippen LogP contribution is 2.23. The number of anilines is 1. The van der Waals surface area contributed by atoms with E-state index in [4.69, 9.17) is 14.7 Å². The number of benzene rings is 1. The van der Waals surface area contributed by atoms with Gasteiger partial charge in [0.1, 0.15) is 5.82 Å². The monoisotopic (exact) mass is 525 g/mol. The highest BCUT2D eigenvalue weighted by Gasteiger charge is 2.27. The van der Waals surface area contributed by atoms with Crippen LogP contribution in [0.25, 0.3) is 10.9 Å². The minimum absolute atomic E-state index is 0. The normalized spacial score (nSPS) is 14.9. The van der Waals surface area contributed by atoms with Gasteiger partial charge >= 0.3 is 5.97 Å². The van der Waals surface area contributed by atoms with Crippen LogP contribution in [0.5, 0.6) is 0 Å². The van der Waals surface area contributed by atoms with Crippen molar-refractivity contribution in [3.8, 4) is 0 Å². The molecule has 1 aromatic heterocycles. The molecular weight excluding hydrogens is 493 g/mol. The number of halogens is 1. The Bertz CT molecular complexity index is 879. The first-order valence-electron chi connectivity index (χ1n) is 10.2. The molecule has 0 atom stereocenters. The van der Waals surface area contributed by atoms with Crippen LogP contribution in [-0.4, -0.2) is 62.7 Å². The van der Waals surface area contributed by atoms with Crippen LogP contribution >= 0.6 is 24.0 Å². The molecule has 0 spiro atoms. The molecule has 1 fully saturated rings. The standard InChI is InChI=1S/C22H31N5O2.HI/c1-5-23-22(27-12-10-16(11-13-27)21(28)29-4)24-15-17-14-20(26(2)3)25-19-9-7-6-8-18(17)19;/h6-9,14,16H,5,10-13,15H2,1-4H3,(H,23,24);1H. The second kappa shape index (κ2) is 11.3. The number of carbonyl (C=O) groups excluding carboxylic acids is 1. The van der Waals surface area contributed by atoms with Gasteiger partial charge in [-0.1, -0.05) is 18.2 Å². The number of likely N-dealkylation sites (tertiary alicyclic amines) is 1. The molecule has 1 aromatic carbocycles. The minimum atomic E-state index is -0.106. The van der Waals surface area contributed by atoms with E-state index in [1.165, 1.54) is 7.11 Å². The van der Waals surface area contributed by atoms with Crippen LogP contribution in [-0.2, 0) is 16.1 Å². The molecule has 8 heteroatoms. The van der Waals surface area contributed by atoms with E-state index < -0.39 is 0 Å². The number of ether oxygens (including phenoxy) is 1. The SMILES string of the molecule is CCNC(=NCc1cc(N(C)C)nc2ccccc12)N1CCC(C(=O)OC)CC1.I. The minimum Gasteiger partial charge on any atom is -0.469 e. The van der Waals surface area contributed by atoms with E-state index in [2.05, 4.69) is 29.3 Å². The Labute approximate surface area is 195 Å². The molecule has 1 saturated heterocycles. The molecular formula is C22H32IN5O2. The van der Waals surface area contributed by atoms with Crippen LogP contribution in [0.15, 0.2) is 35.3 Å². The number of hydrogen-bond acceptors (Lipinski definition) is 5. The first kappa shape index (κ1) is 24.2. The number of guanidine groups is 1. The Kier molecular flexibility index (Phi) is 9.13. The quantitative estimate of drug-likeness (QED) is 0.280. The number of nitrogens with zero attached hydrogens (tertiary/aromatic N) is 4. The van der Waals surface area contributed by atoms with Gasteiger partial charge in [0.15, 0.2) is 5.96 Å². The summed E-state index contributed by atoms with van der Waals surface area (Å²) in [5, 5.41) is 4.53. The molecule has 0 bridgehead atoms. The Balaban J connectivity index is 0.00000320. The second-order valence-electron chi connectivity index (χ2n) is 7.51. The van der Waals surface area contributed by atoms with Crippen molar-refractivity contribution in [2.24, 2.45) is 10.9 Å². The van der Waals surface area contributed by atoms with E-state index in [9.17, 15) is 4.79 Å². The number of aliphatic imine (C=N–C) groups is 1. The number of esters is 1. The predicted molar refractivity (Wildman–Crippen MR) is 133 cm³/mol. The Morgan fingerprint density at radius 3 is 2.63 bits per heavy atom. The van der Waals surface area contributed by atoms with Crippen molar-refractivity contribution in [1.29, 1.82) is 0 Å². The van der Waals surface area contributed by atoms with Crippen LogP contribution in [0.2, 0.25) is 0 Å². The summed E-state index contributed by atoms with van der Waals surface area (Å²) in [5.74, 6) is 1.71. The topological polar surface area (TPSA) is 70.1 Å². The highest BCUT2D eigenvalue weighted by molar-refractivity contribution is 14.0. The van der Waals surface area contributed by atoms with Crippen molar-refractivity contribution < 1.29 is 9.53 Å². The molecule has 7 nitrogen and oxygen atoms in total. The molecule has 0 aliphatic carbocycles. The Hall–Kier alpha value is -2.10. The zero-order valence-electron chi connectivity index (χ0n) is 18.2. The van der Waals surface area contributed by atoms with Gasteiger partial charge in [0, 0.05) is 39.1 Å². The summed E-state index contributed by atoms with van der Waals surface area (Å²) in [5.41, 5.74) is 2.13. The van der Waals surface area contributed by atoms with Gasteiger partial charge in [0.05, 0.1) is 25.1 Å². The van der Waals surface area contributed by atoms with E-state index in [-0.39, 0.29) is 35.9 Å². The van der Waals surface area contributed by atoms with E-state index in [1.54, 1.807) is 0 Å². The summed E-state index contributed by atoms with van der Waals surface area (Å²) < 4.78 is 4.90. The molecule has 2 aromatic rings. The molecule has 0 amide bonds. The number of carbonyl (C=O) groups is 1. The molecule has 0 radical (unpaired) electrons. The maximum atomic E-state index is 11.8. The Morgan fingerprint density at radius 1 is 1.30 bits per heavy atom. The molecule has 1 N–H and O–H groups in total. The van der Waals surface area contributed by atoms with Gasteiger partial charge < -0.3 is 19.9 Å². The molecule has 3 rings (SSSR count). The summed E-state index contributed by atoms with van der Waals surface area (Å²) in [6.07, 6.45) is 1.58. The average molecular weight is 525 g/mol. The third kappa shape index (κ3) is 5.74. The first-order valence-corrected chi connectivity index (χ1v) is 10.2. The predicted octanol–water partition coefficient (Wildman–Crippen LogP) is 3.27. The van der Waals surface area contributed by atoms with Crippen LogP contribution in [0, 0.1) is 5.92 Å². The van der Waals surface area contributed by atoms with Crippen molar-refractivity contribution in [1.82, 2.24) is 15.2 Å². The van der Waals surface area contributed by atoms with Crippen LogP contribution in [0.1, 0.15) is 25.3 Å². The molecule has 0 unspecified atom stereocenters. The third-order valence-electron chi connectivity index (χ3n) is 5.31. The average Bonchev–Trinajstić information content (AvgIpc) is 2.75. The number of hydrogen-bond donors (Lipinski definition) is 1. The number of pyridine rings is 1. The van der Waals surface area contributed by atoms with Crippen molar-refractivity contribution in [2.75, 3.05) is 45.7 Å². The number of methoxy groups -OCH3 is 1. The second-order valence-corrected chi connectivity index (χ2v) is 7.51. The summed E-state index contributed by atoms with van der Waals surface area (Å²) in [6.45, 7) is 5.04. The first-order chi connectivity index (χ1) is 14.0. The fourth-order valence-corrected chi connectivity index (χ4v) is 3.67. The molecule has 30 heavy (non-hydrogen) atoms. The van der Waals surface area contributed by atoms with E-state index in [0.717, 1.165) is 60.7 Å². The fourth-order valence-electron chi connectivity index (χ4n) is 3.67. The van der Waals surface area contributed by atoms with Gasteiger partial charge in [-0.3, -0.25) is 4.79 Å². The van der Waals surface area contributed by atoms with E-state index in [0.29, 0.717) is 6.54 Å². The van der Waals surface area contributed by atoms with Gasteiger partial charge in [-0.15, -0.1) is 24.0 Å². The zero-order chi connectivity index (χ0) is 20.8. The number of aromatic nitrogens is 1. The lowest BCUT2D eigenvalue weighted by Gasteiger charge is -2.33. The number of fused-ring (bicyclic) bond motifs is 1. The molecule has 0 saturated carbocycles. The van der Waals surface area contributed by atoms with Gasteiger partial charge in [0.25, 0.3) is 0 Å². The van der Waals surface area contributed by atoms with Gasteiger partial charge in [-0.25, -0.2) is 9.98 Å². The summed E-state index contributed by atoms with van der Waals surface area (Å²) in [7, 11) is 5.46. The molecule has 1 aliphatic heterocycles. The fraction of sp³-hybridized carbons (Fsp3) is 0.500. The van der Waals surface area contributed by atoms with Crippen molar-refractivity contribution >= 4 is 52.6 Å². The lowest BCUT2D eigenvalue weighted by Crippen LogP contribution is -2.46. The third-order valence-corrected chi connectivity index (χ3v) is 5.31. The lowest BCUT2D eigenvalue weighted by atomic mass is 9.97. The smallest absolute Gasteiger partial charge is 0.308 e. The number of nitrogens with one attached hydrogen (secondary N) is 1. The van der Waals surface area contributed by atoms with E-state index in [1.807, 2.05) is 37.2 Å². The number of rotatable bonds is 5. The number of piperidine rings is 1. The van der Waals surface area contributed by atoms with Crippen molar-refractivity contribution in [2.45, 2.75) is 26.3 Å². The lowest BCUT2D eigenvalue weighted by molar-refractivity contribution is -0.146. The van der Waals surface area contributed by atoms with Gasteiger partial charge in [-0.05, 0) is 37.5 Å². The van der Waals surface area contributed by atoms with Gasteiger partial charge in [0.2, 0.25) is 0 Å². The number of para-hydroxylation sites is 1. The van der Waals surface area contributed by atoms with Gasteiger partial charge in [-0.2, -0.15) is 0 Å². The molecule has 164 valence electrons. The van der Waals surface area contributed by atoms with Crippen molar-refractivity contribution in [3.05, 3.63) is 35.9 Å². The zero-order valence-corrected chi connectivity index (χ0v) is 20.6. The van der Waals surface area contributed by atoms with Crippen LogP contribution < -0.4 is 10.2 Å². The Morgan fingerprint density at radius 2 is 2.00 bits per heavy atom. The summed E-state index contributed by atoms with van der Waals surface area (Å²) in [4.78, 5) is 25.7. The maximum Gasteiger partial charge on any atom is 0.308 e. The van der Waals surface area contributed by atoms with Crippen molar-refractivity contribution in [3.63, 3.8) is 0 Å². The summed E-state index contributed by atoms with van der Waals surface area (Å²) in [6, 6.07) is 10.3. The molecule has 1 aliphatic rings. The highest BCUT2D eigenvalue weighted by atomic mass is 127. The van der Waals surface area contributed by atoms with Crippen LogP contribution in [0.4, 0.5) is 5.82 Å². The molecule has 2 heterocycles. The summed E-state index contributed by atoms with van der Waals surface area (Å²) >= 11 is 0.